The lowest BCUT2D eigenvalue weighted by Crippen LogP contribution is -2.56. The van der Waals surface area contributed by atoms with E-state index in [1.807, 2.05) is 0 Å². The molecule has 0 aromatic carbocycles. The van der Waals surface area contributed by atoms with E-state index in [1.54, 1.807) is 0 Å². The van der Waals surface area contributed by atoms with Gasteiger partial charge in [0.05, 0.1) is 0 Å². The maximum Gasteiger partial charge on any atom is 0.0262 e. The molecule has 3 atom stereocenters. The van der Waals surface area contributed by atoms with Crippen molar-refractivity contribution in [1.29, 1.82) is 0 Å². The summed E-state index contributed by atoms with van der Waals surface area (Å²) in [5.74, 6) is 0. The highest BCUT2D eigenvalue weighted by atomic mass is 15.3. The van der Waals surface area contributed by atoms with Gasteiger partial charge in [-0.3, -0.25) is 4.90 Å². The highest BCUT2D eigenvalue weighted by Crippen LogP contribution is 2.20. The highest BCUT2D eigenvalue weighted by molar-refractivity contribution is 4.92. The Kier molecular flexibility index (Phi) is 3.10. The molecule has 2 aliphatic heterocycles. The lowest BCUT2D eigenvalue weighted by atomic mass is 10.0. The van der Waals surface area contributed by atoms with Gasteiger partial charge in [0.1, 0.15) is 0 Å². The second-order valence-electron chi connectivity index (χ2n) is 4.95. The molecule has 0 saturated carbocycles. The normalized spacial score (nSPS) is 41.8. The zero-order valence-electron chi connectivity index (χ0n) is 9.66. The molecule has 0 aromatic rings. The molecule has 2 heterocycles. The van der Waals surface area contributed by atoms with Crippen molar-refractivity contribution in [2.24, 2.45) is 0 Å². The lowest BCUT2D eigenvalue weighted by Gasteiger charge is -2.42. The van der Waals surface area contributed by atoms with E-state index in [2.05, 4.69) is 36.0 Å². The van der Waals surface area contributed by atoms with E-state index in [1.165, 1.54) is 32.6 Å². The molecule has 2 rings (SSSR count). The van der Waals surface area contributed by atoms with Crippen LogP contribution in [0.5, 0.6) is 0 Å². The highest BCUT2D eigenvalue weighted by Gasteiger charge is 2.33. The smallest absolute Gasteiger partial charge is 0.0262 e. The van der Waals surface area contributed by atoms with Crippen LogP contribution in [0.3, 0.4) is 0 Å². The Balaban J connectivity index is 1.96. The summed E-state index contributed by atoms with van der Waals surface area (Å²) >= 11 is 0. The Hall–Kier alpha value is -0.120. The molecular formula is C11H23N3. The van der Waals surface area contributed by atoms with Crippen molar-refractivity contribution in [2.75, 3.05) is 33.2 Å². The molecule has 1 N–H and O–H groups in total. The minimum absolute atomic E-state index is 0.681. The van der Waals surface area contributed by atoms with Gasteiger partial charge < -0.3 is 10.2 Å². The number of piperazine rings is 1. The van der Waals surface area contributed by atoms with Crippen LogP contribution in [-0.4, -0.2) is 61.2 Å². The average Bonchev–Trinajstić information content (AvgIpc) is 2.52. The van der Waals surface area contributed by atoms with Crippen LogP contribution in [0, 0.1) is 0 Å². The van der Waals surface area contributed by atoms with Gasteiger partial charge in [-0.15, -0.1) is 0 Å². The number of hydrogen-bond donors (Lipinski definition) is 1. The molecule has 82 valence electrons. The first kappa shape index (κ1) is 10.4. The fourth-order valence-corrected chi connectivity index (χ4v) is 2.94. The predicted molar refractivity (Wildman–Crippen MR) is 59.5 cm³/mol. The van der Waals surface area contributed by atoms with Gasteiger partial charge >= 0.3 is 0 Å². The Morgan fingerprint density at radius 2 is 2.00 bits per heavy atom. The van der Waals surface area contributed by atoms with Crippen molar-refractivity contribution in [1.82, 2.24) is 15.1 Å². The molecule has 0 unspecified atom stereocenters. The van der Waals surface area contributed by atoms with E-state index in [4.69, 9.17) is 0 Å². The third-order valence-electron chi connectivity index (χ3n) is 3.79. The molecule has 0 radical (unpaired) electrons. The van der Waals surface area contributed by atoms with Crippen LogP contribution in [0.1, 0.15) is 20.3 Å². The monoisotopic (exact) mass is 197 g/mol. The lowest BCUT2D eigenvalue weighted by molar-refractivity contribution is 0.0580. The summed E-state index contributed by atoms with van der Waals surface area (Å²) in [6.07, 6.45) is 1.33. The second kappa shape index (κ2) is 4.17. The Bertz CT molecular complexity index is 195. The molecule has 3 nitrogen and oxygen atoms in total. The molecule has 0 spiro atoms. The summed E-state index contributed by atoms with van der Waals surface area (Å²) in [4.78, 5) is 5.14. The van der Waals surface area contributed by atoms with E-state index in [-0.39, 0.29) is 0 Å². The summed E-state index contributed by atoms with van der Waals surface area (Å²) in [7, 11) is 2.23. The molecule has 0 amide bonds. The molecule has 0 bridgehead atoms. The summed E-state index contributed by atoms with van der Waals surface area (Å²) in [6.45, 7) is 9.58. The first-order valence-corrected chi connectivity index (χ1v) is 5.86. The van der Waals surface area contributed by atoms with Crippen LogP contribution in [0.4, 0.5) is 0 Å². The van der Waals surface area contributed by atoms with Crippen molar-refractivity contribution in [3.63, 3.8) is 0 Å². The zero-order chi connectivity index (χ0) is 10.1. The topological polar surface area (TPSA) is 18.5 Å². The van der Waals surface area contributed by atoms with Gasteiger partial charge in [0, 0.05) is 37.8 Å². The Morgan fingerprint density at radius 3 is 2.57 bits per heavy atom. The second-order valence-corrected chi connectivity index (χ2v) is 4.95. The third-order valence-corrected chi connectivity index (χ3v) is 3.79. The van der Waals surface area contributed by atoms with Crippen molar-refractivity contribution in [2.45, 2.75) is 38.4 Å². The molecule has 14 heavy (non-hydrogen) atoms. The van der Waals surface area contributed by atoms with E-state index in [0.717, 1.165) is 12.1 Å². The quantitative estimate of drug-likeness (QED) is 0.655. The molecule has 2 aliphatic rings. The fraction of sp³-hybridized carbons (Fsp3) is 1.00. The predicted octanol–water partition coefficient (Wildman–Crippen LogP) is 0.373. The van der Waals surface area contributed by atoms with E-state index in [0.29, 0.717) is 6.04 Å². The SMILES string of the molecule is C[C@@H]1NCC[C@@H]1N1CCN(C)C[C@@H]1C. The third kappa shape index (κ3) is 1.95. The van der Waals surface area contributed by atoms with Gasteiger partial charge in [-0.2, -0.15) is 0 Å². The van der Waals surface area contributed by atoms with Gasteiger partial charge in [0.15, 0.2) is 0 Å². The van der Waals surface area contributed by atoms with Crippen LogP contribution in [0.25, 0.3) is 0 Å². The largest absolute Gasteiger partial charge is 0.313 e. The molecule has 2 saturated heterocycles. The first-order chi connectivity index (χ1) is 6.68. The van der Waals surface area contributed by atoms with Crippen LogP contribution in [0.15, 0.2) is 0 Å². The van der Waals surface area contributed by atoms with Gasteiger partial charge in [-0.1, -0.05) is 0 Å². The van der Waals surface area contributed by atoms with Crippen LogP contribution < -0.4 is 5.32 Å². The summed E-state index contributed by atoms with van der Waals surface area (Å²) in [5, 5.41) is 3.54. The summed E-state index contributed by atoms with van der Waals surface area (Å²) in [5.41, 5.74) is 0. The standard InChI is InChI=1S/C11H23N3/c1-9-8-13(3)6-7-14(9)11-4-5-12-10(11)2/h9-12H,4-8H2,1-3H3/t9-,10-,11-/m0/s1. The maximum absolute atomic E-state index is 3.54. The average molecular weight is 197 g/mol. The van der Waals surface area contributed by atoms with E-state index in [9.17, 15) is 0 Å². The molecule has 0 aliphatic carbocycles. The Labute approximate surface area is 87.4 Å². The first-order valence-electron chi connectivity index (χ1n) is 5.86. The molecule has 3 heteroatoms. The van der Waals surface area contributed by atoms with Gasteiger partial charge in [0.25, 0.3) is 0 Å². The summed E-state index contributed by atoms with van der Waals surface area (Å²) in [6, 6.07) is 2.18. The van der Waals surface area contributed by atoms with Crippen molar-refractivity contribution in [3.8, 4) is 0 Å². The number of rotatable bonds is 1. The van der Waals surface area contributed by atoms with Crippen LogP contribution >= 0.6 is 0 Å². The minimum atomic E-state index is 0.681. The zero-order valence-corrected chi connectivity index (χ0v) is 9.66. The van der Waals surface area contributed by atoms with Crippen LogP contribution in [0.2, 0.25) is 0 Å². The van der Waals surface area contributed by atoms with Crippen molar-refractivity contribution in [3.05, 3.63) is 0 Å². The number of nitrogens with one attached hydrogen (secondary N) is 1. The summed E-state index contributed by atoms with van der Waals surface area (Å²) < 4.78 is 0. The molecule has 0 aromatic heterocycles. The van der Waals surface area contributed by atoms with E-state index >= 15 is 0 Å². The van der Waals surface area contributed by atoms with Gasteiger partial charge in [-0.05, 0) is 33.9 Å². The van der Waals surface area contributed by atoms with Gasteiger partial charge in [0.2, 0.25) is 0 Å². The van der Waals surface area contributed by atoms with Crippen LogP contribution in [-0.2, 0) is 0 Å². The number of nitrogens with zero attached hydrogens (tertiary/aromatic N) is 2. The van der Waals surface area contributed by atoms with E-state index < -0.39 is 0 Å². The number of hydrogen-bond acceptors (Lipinski definition) is 3. The molecule has 2 fully saturated rings. The fourth-order valence-electron chi connectivity index (χ4n) is 2.94. The van der Waals surface area contributed by atoms with Crippen molar-refractivity contribution >= 4 is 0 Å². The van der Waals surface area contributed by atoms with Crippen molar-refractivity contribution < 1.29 is 0 Å². The van der Waals surface area contributed by atoms with Gasteiger partial charge in [-0.25, -0.2) is 0 Å². The Morgan fingerprint density at radius 1 is 1.21 bits per heavy atom. The molecular weight excluding hydrogens is 174 g/mol. The number of likely N-dealkylation sites (N-methyl/N-ethyl adjacent to an activating group) is 1. The minimum Gasteiger partial charge on any atom is -0.313 e. The maximum atomic E-state index is 3.54.